The molecule has 4 nitrogen and oxygen atoms in total. The maximum absolute atomic E-state index is 12.2. The zero-order valence-electron chi connectivity index (χ0n) is 10.9. The Balaban J connectivity index is 2.03. The van der Waals surface area contributed by atoms with Gasteiger partial charge in [-0.1, -0.05) is 12.8 Å². The second-order valence-corrected chi connectivity index (χ2v) is 7.71. The first-order chi connectivity index (χ1) is 8.90. The third-order valence-electron chi connectivity index (χ3n) is 3.36. The van der Waals surface area contributed by atoms with E-state index in [1.165, 1.54) is 18.9 Å². The van der Waals surface area contributed by atoms with Crippen LogP contribution in [-0.2, 0) is 10.0 Å². The second-order valence-electron chi connectivity index (χ2n) is 5.12. The normalized spacial score (nSPS) is 15.7. The molecule has 1 saturated carbocycles. The number of rotatable bonds is 6. The maximum atomic E-state index is 12.2. The van der Waals surface area contributed by atoms with Crippen LogP contribution >= 0.6 is 15.9 Å². The number of hydrogen-bond acceptors (Lipinski definition) is 3. The Morgan fingerprint density at radius 1 is 1.42 bits per heavy atom. The first kappa shape index (κ1) is 14.8. The molecule has 0 unspecified atom stereocenters. The third-order valence-corrected chi connectivity index (χ3v) is 5.65. The fourth-order valence-corrected chi connectivity index (χ4v) is 3.83. The molecule has 0 spiro atoms. The number of nitrogens with one attached hydrogen (secondary N) is 1. The van der Waals surface area contributed by atoms with Crippen molar-refractivity contribution in [1.82, 2.24) is 4.72 Å². The minimum atomic E-state index is -3.46. The van der Waals surface area contributed by atoms with E-state index in [4.69, 9.17) is 5.73 Å². The van der Waals surface area contributed by atoms with Gasteiger partial charge in [0.05, 0.1) is 4.90 Å². The molecule has 0 atom stereocenters. The number of nitrogens with two attached hydrogens (primary N) is 1. The van der Waals surface area contributed by atoms with Gasteiger partial charge in [0.1, 0.15) is 0 Å². The molecule has 1 aromatic rings. The molecule has 1 aromatic carbocycles. The van der Waals surface area contributed by atoms with Crippen molar-refractivity contribution in [2.24, 2.45) is 5.92 Å². The minimum Gasteiger partial charge on any atom is -0.398 e. The predicted octanol–water partition coefficient (Wildman–Crippen LogP) is 2.81. The van der Waals surface area contributed by atoms with Gasteiger partial charge in [0.2, 0.25) is 10.0 Å². The molecule has 1 aliphatic rings. The van der Waals surface area contributed by atoms with E-state index in [0.717, 1.165) is 23.2 Å². The standard InChI is InChI=1S/C13H19BrN2O2S/c1-9-7-11(14)12(15)8-13(9)19(17,18)16-6-2-3-10-4-5-10/h7-8,10,16H,2-6,15H2,1H3. The zero-order valence-corrected chi connectivity index (χ0v) is 13.4. The van der Waals surface area contributed by atoms with E-state index in [1.807, 2.05) is 0 Å². The van der Waals surface area contributed by atoms with Crippen LogP contribution in [-0.4, -0.2) is 15.0 Å². The van der Waals surface area contributed by atoms with Gasteiger partial charge in [-0.05, 0) is 59.3 Å². The molecule has 1 aliphatic carbocycles. The van der Waals surface area contributed by atoms with Crippen molar-refractivity contribution in [2.75, 3.05) is 12.3 Å². The summed E-state index contributed by atoms with van der Waals surface area (Å²) in [5.41, 5.74) is 6.87. The smallest absolute Gasteiger partial charge is 0.240 e. The molecule has 0 aliphatic heterocycles. The summed E-state index contributed by atoms with van der Waals surface area (Å²) in [6, 6.07) is 3.23. The molecule has 1 fully saturated rings. The van der Waals surface area contributed by atoms with E-state index < -0.39 is 10.0 Å². The van der Waals surface area contributed by atoms with Crippen molar-refractivity contribution < 1.29 is 8.42 Å². The fraction of sp³-hybridized carbons (Fsp3) is 0.538. The van der Waals surface area contributed by atoms with Crippen molar-refractivity contribution >= 4 is 31.6 Å². The number of nitrogen functional groups attached to an aromatic ring is 1. The molecule has 0 radical (unpaired) electrons. The molecule has 6 heteroatoms. The number of anilines is 1. The van der Waals surface area contributed by atoms with Gasteiger partial charge in [-0.3, -0.25) is 0 Å². The third kappa shape index (κ3) is 3.94. The maximum Gasteiger partial charge on any atom is 0.240 e. The monoisotopic (exact) mass is 346 g/mol. The lowest BCUT2D eigenvalue weighted by Crippen LogP contribution is -2.25. The zero-order chi connectivity index (χ0) is 14.0. The van der Waals surface area contributed by atoms with Crippen molar-refractivity contribution in [3.8, 4) is 0 Å². The van der Waals surface area contributed by atoms with Crippen LogP contribution in [0.4, 0.5) is 5.69 Å². The summed E-state index contributed by atoms with van der Waals surface area (Å²) >= 11 is 3.29. The van der Waals surface area contributed by atoms with Crippen LogP contribution in [0.2, 0.25) is 0 Å². The predicted molar refractivity (Wildman–Crippen MR) is 80.4 cm³/mol. The van der Waals surface area contributed by atoms with E-state index in [-0.39, 0.29) is 4.90 Å². The highest BCUT2D eigenvalue weighted by Crippen LogP contribution is 2.33. The minimum absolute atomic E-state index is 0.264. The van der Waals surface area contributed by atoms with Gasteiger partial charge in [0.15, 0.2) is 0 Å². The highest BCUT2D eigenvalue weighted by Gasteiger charge is 2.21. The van der Waals surface area contributed by atoms with Crippen LogP contribution in [0.3, 0.4) is 0 Å². The number of hydrogen-bond donors (Lipinski definition) is 2. The Kier molecular flexibility index (Phi) is 4.53. The van der Waals surface area contributed by atoms with Gasteiger partial charge >= 0.3 is 0 Å². The molecular weight excluding hydrogens is 328 g/mol. The molecule has 3 N–H and O–H groups in total. The summed E-state index contributed by atoms with van der Waals surface area (Å²) in [5.74, 6) is 0.828. The van der Waals surface area contributed by atoms with Crippen LogP contribution in [0, 0.1) is 12.8 Å². The van der Waals surface area contributed by atoms with Crippen LogP contribution in [0.15, 0.2) is 21.5 Å². The summed E-state index contributed by atoms with van der Waals surface area (Å²) in [6.45, 7) is 2.26. The molecule has 0 heterocycles. The van der Waals surface area contributed by atoms with Gasteiger partial charge in [-0.2, -0.15) is 0 Å². The molecule has 0 amide bonds. The topological polar surface area (TPSA) is 72.2 Å². The average molecular weight is 347 g/mol. The van der Waals surface area contributed by atoms with Crippen LogP contribution < -0.4 is 10.5 Å². The Hall–Kier alpha value is -0.590. The summed E-state index contributed by atoms with van der Waals surface area (Å²) < 4.78 is 27.8. The number of sulfonamides is 1. The van der Waals surface area contributed by atoms with E-state index in [1.54, 1.807) is 13.0 Å². The molecule has 19 heavy (non-hydrogen) atoms. The number of halogens is 1. The lowest BCUT2D eigenvalue weighted by Gasteiger charge is -2.11. The largest absolute Gasteiger partial charge is 0.398 e. The van der Waals surface area contributed by atoms with Gasteiger partial charge in [0, 0.05) is 16.7 Å². The van der Waals surface area contributed by atoms with E-state index in [0.29, 0.717) is 17.8 Å². The average Bonchev–Trinajstić information content (AvgIpc) is 3.13. The molecule has 0 saturated heterocycles. The van der Waals surface area contributed by atoms with E-state index in [2.05, 4.69) is 20.7 Å². The lowest BCUT2D eigenvalue weighted by molar-refractivity contribution is 0.572. The fourth-order valence-electron chi connectivity index (χ4n) is 2.04. The van der Waals surface area contributed by atoms with E-state index >= 15 is 0 Å². The van der Waals surface area contributed by atoms with Crippen molar-refractivity contribution in [2.45, 2.75) is 37.5 Å². The highest BCUT2D eigenvalue weighted by atomic mass is 79.9. The Morgan fingerprint density at radius 3 is 2.74 bits per heavy atom. The SMILES string of the molecule is Cc1cc(Br)c(N)cc1S(=O)(=O)NCCCC1CC1. The molecule has 106 valence electrons. The number of benzene rings is 1. The number of aryl methyl sites for hydroxylation is 1. The summed E-state index contributed by atoms with van der Waals surface area (Å²) in [7, 11) is -3.46. The Morgan fingerprint density at radius 2 is 2.11 bits per heavy atom. The first-order valence-electron chi connectivity index (χ1n) is 6.45. The molecule has 0 bridgehead atoms. The molecule has 0 aromatic heterocycles. The van der Waals surface area contributed by atoms with Crippen LogP contribution in [0.5, 0.6) is 0 Å². The summed E-state index contributed by atoms with van der Waals surface area (Å²) in [4.78, 5) is 0.264. The highest BCUT2D eigenvalue weighted by molar-refractivity contribution is 9.10. The van der Waals surface area contributed by atoms with Crippen LogP contribution in [0.1, 0.15) is 31.2 Å². The van der Waals surface area contributed by atoms with Crippen molar-refractivity contribution in [3.63, 3.8) is 0 Å². The second kappa shape index (κ2) is 5.81. The lowest BCUT2D eigenvalue weighted by atomic mass is 10.2. The van der Waals surface area contributed by atoms with Crippen molar-refractivity contribution in [3.05, 3.63) is 22.2 Å². The Bertz CT molecular complexity index is 568. The molecule has 2 rings (SSSR count). The summed E-state index contributed by atoms with van der Waals surface area (Å²) in [6.07, 6.45) is 4.61. The van der Waals surface area contributed by atoms with E-state index in [9.17, 15) is 8.42 Å². The Labute approximate surface area is 122 Å². The first-order valence-corrected chi connectivity index (χ1v) is 8.73. The van der Waals surface area contributed by atoms with Gasteiger partial charge in [-0.15, -0.1) is 0 Å². The van der Waals surface area contributed by atoms with Gasteiger partial charge < -0.3 is 5.73 Å². The molecular formula is C13H19BrN2O2S. The van der Waals surface area contributed by atoms with Gasteiger partial charge in [-0.25, -0.2) is 13.1 Å². The summed E-state index contributed by atoms with van der Waals surface area (Å²) in [5, 5.41) is 0. The van der Waals surface area contributed by atoms with Crippen LogP contribution in [0.25, 0.3) is 0 Å². The van der Waals surface area contributed by atoms with Gasteiger partial charge in [0.25, 0.3) is 0 Å². The quantitative estimate of drug-likeness (QED) is 0.614. The van der Waals surface area contributed by atoms with Crippen molar-refractivity contribution in [1.29, 1.82) is 0 Å².